The zero-order chi connectivity index (χ0) is 13.9. The standard InChI is InChI=1S/C13H19NO4S/c1-18-12-4-2-11(3-5-12)10-14-8-6-13(7-9-15)19(14,16)17/h2-5,13,15H,6-10H2,1H3. The van der Waals surface area contributed by atoms with E-state index >= 15 is 0 Å². The quantitative estimate of drug-likeness (QED) is 0.876. The molecule has 6 heteroatoms. The topological polar surface area (TPSA) is 66.8 Å². The molecule has 0 aromatic heterocycles. The lowest BCUT2D eigenvalue weighted by Gasteiger charge is -2.16. The van der Waals surface area contributed by atoms with Crippen molar-refractivity contribution in [2.45, 2.75) is 24.6 Å². The Bertz CT molecular complexity index is 512. The summed E-state index contributed by atoms with van der Waals surface area (Å²) in [4.78, 5) is 0. The lowest BCUT2D eigenvalue weighted by atomic mass is 10.2. The minimum atomic E-state index is -3.26. The molecule has 1 unspecified atom stereocenters. The van der Waals surface area contributed by atoms with E-state index < -0.39 is 15.3 Å². The molecule has 0 saturated carbocycles. The summed E-state index contributed by atoms with van der Waals surface area (Å²) in [6, 6.07) is 7.38. The SMILES string of the molecule is COc1ccc(CN2CCC(CCO)S2(=O)=O)cc1. The van der Waals surface area contributed by atoms with Gasteiger partial charge in [0.1, 0.15) is 5.75 Å². The van der Waals surface area contributed by atoms with Gasteiger partial charge in [-0.05, 0) is 30.5 Å². The van der Waals surface area contributed by atoms with Crippen molar-refractivity contribution in [1.82, 2.24) is 4.31 Å². The largest absolute Gasteiger partial charge is 0.497 e. The van der Waals surface area contributed by atoms with Crippen molar-refractivity contribution < 1.29 is 18.3 Å². The summed E-state index contributed by atoms with van der Waals surface area (Å²) in [7, 11) is -1.67. The van der Waals surface area contributed by atoms with Crippen molar-refractivity contribution in [3.05, 3.63) is 29.8 Å². The molecule has 19 heavy (non-hydrogen) atoms. The van der Waals surface area contributed by atoms with E-state index in [9.17, 15) is 8.42 Å². The summed E-state index contributed by atoms with van der Waals surface area (Å²) < 4.78 is 31.0. The average Bonchev–Trinajstić information content (AvgIpc) is 2.67. The van der Waals surface area contributed by atoms with Crippen LogP contribution in [0.5, 0.6) is 5.75 Å². The van der Waals surface area contributed by atoms with Crippen LogP contribution in [-0.2, 0) is 16.6 Å². The third-order valence-electron chi connectivity index (χ3n) is 3.45. The van der Waals surface area contributed by atoms with Crippen LogP contribution in [0.3, 0.4) is 0 Å². The second kappa shape index (κ2) is 5.90. The second-order valence-electron chi connectivity index (χ2n) is 4.65. The van der Waals surface area contributed by atoms with Crippen LogP contribution in [0.15, 0.2) is 24.3 Å². The Hall–Kier alpha value is -1.11. The van der Waals surface area contributed by atoms with Gasteiger partial charge in [-0.2, -0.15) is 4.31 Å². The van der Waals surface area contributed by atoms with Gasteiger partial charge in [-0.1, -0.05) is 12.1 Å². The number of aliphatic hydroxyl groups excluding tert-OH is 1. The molecule has 0 spiro atoms. The molecule has 0 amide bonds. The molecule has 2 rings (SSSR count). The van der Waals surface area contributed by atoms with Gasteiger partial charge in [-0.3, -0.25) is 0 Å². The second-order valence-corrected chi connectivity index (χ2v) is 6.86. The summed E-state index contributed by atoms with van der Waals surface area (Å²) in [6.45, 7) is 0.827. The number of nitrogens with zero attached hydrogens (tertiary/aromatic N) is 1. The van der Waals surface area contributed by atoms with E-state index in [4.69, 9.17) is 9.84 Å². The molecular formula is C13H19NO4S. The zero-order valence-corrected chi connectivity index (χ0v) is 11.8. The van der Waals surface area contributed by atoms with E-state index in [0.717, 1.165) is 11.3 Å². The first kappa shape index (κ1) is 14.3. The summed E-state index contributed by atoms with van der Waals surface area (Å²) in [6.07, 6.45) is 0.917. The molecule has 0 bridgehead atoms. The van der Waals surface area contributed by atoms with E-state index in [2.05, 4.69) is 0 Å². The minimum absolute atomic E-state index is 0.0831. The van der Waals surface area contributed by atoms with Crippen molar-refractivity contribution in [2.24, 2.45) is 0 Å². The number of ether oxygens (including phenoxy) is 1. The molecule has 1 N–H and O–H groups in total. The molecule has 0 radical (unpaired) electrons. The Morgan fingerprint density at radius 3 is 2.63 bits per heavy atom. The number of benzene rings is 1. The predicted octanol–water partition coefficient (Wildman–Crippen LogP) is 0.982. The number of hydrogen-bond acceptors (Lipinski definition) is 4. The molecule has 1 heterocycles. The highest BCUT2D eigenvalue weighted by atomic mass is 32.2. The number of rotatable bonds is 5. The van der Waals surface area contributed by atoms with Gasteiger partial charge >= 0.3 is 0 Å². The lowest BCUT2D eigenvalue weighted by molar-refractivity contribution is 0.285. The Kier molecular flexibility index (Phi) is 4.44. The van der Waals surface area contributed by atoms with Crippen LogP contribution in [-0.4, -0.2) is 43.3 Å². The first-order chi connectivity index (χ1) is 9.07. The van der Waals surface area contributed by atoms with Gasteiger partial charge in [-0.15, -0.1) is 0 Å². The maximum absolute atomic E-state index is 12.2. The molecule has 1 saturated heterocycles. The van der Waals surface area contributed by atoms with Crippen LogP contribution in [0.25, 0.3) is 0 Å². The van der Waals surface area contributed by atoms with Gasteiger partial charge in [0.05, 0.1) is 12.4 Å². The van der Waals surface area contributed by atoms with Gasteiger partial charge in [0, 0.05) is 19.7 Å². The maximum atomic E-state index is 12.2. The smallest absolute Gasteiger partial charge is 0.217 e. The molecule has 1 aromatic carbocycles. The number of sulfonamides is 1. The molecule has 1 aliphatic heterocycles. The molecule has 106 valence electrons. The fourth-order valence-electron chi connectivity index (χ4n) is 2.32. The monoisotopic (exact) mass is 285 g/mol. The summed E-state index contributed by atoms with van der Waals surface area (Å²) in [5.41, 5.74) is 0.939. The van der Waals surface area contributed by atoms with Gasteiger partial charge < -0.3 is 9.84 Å². The summed E-state index contributed by atoms with van der Waals surface area (Å²) in [5, 5.41) is 8.46. The van der Waals surface area contributed by atoms with Crippen LogP contribution in [0.4, 0.5) is 0 Å². The van der Waals surface area contributed by atoms with Crippen LogP contribution < -0.4 is 4.74 Å². The fourth-order valence-corrected chi connectivity index (χ4v) is 4.23. The van der Waals surface area contributed by atoms with E-state index in [0.29, 0.717) is 25.9 Å². The first-order valence-corrected chi connectivity index (χ1v) is 7.81. The molecular weight excluding hydrogens is 266 g/mol. The number of methoxy groups -OCH3 is 1. The average molecular weight is 285 g/mol. The van der Waals surface area contributed by atoms with Crippen LogP contribution in [0.2, 0.25) is 0 Å². The van der Waals surface area contributed by atoms with Crippen molar-refractivity contribution in [3.8, 4) is 5.75 Å². The van der Waals surface area contributed by atoms with Crippen molar-refractivity contribution in [2.75, 3.05) is 20.3 Å². The van der Waals surface area contributed by atoms with E-state index in [1.165, 1.54) is 4.31 Å². The third-order valence-corrected chi connectivity index (χ3v) is 5.80. The Labute approximate surface area is 113 Å². The number of hydrogen-bond donors (Lipinski definition) is 1. The van der Waals surface area contributed by atoms with Gasteiger partial charge in [0.25, 0.3) is 0 Å². The maximum Gasteiger partial charge on any atom is 0.217 e. The van der Waals surface area contributed by atoms with Crippen LogP contribution in [0.1, 0.15) is 18.4 Å². The highest BCUT2D eigenvalue weighted by Crippen LogP contribution is 2.26. The normalized spacial score (nSPS) is 22.5. The molecule has 1 atom stereocenters. The molecule has 5 nitrogen and oxygen atoms in total. The van der Waals surface area contributed by atoms with Crippen molar-refractivity contribution in [3.63, 3.8) is 0 Å². The zero-order valence-electron chi connectivity index (χ0n) is 10.9. The Morgan fingerprint density at radius 2 is 2.05 bits per heavy atom. The predicted molar refractivity (Wildman–Crippen MR) is 72.4 cm³/mol. The van der Waals surface area contributed by atoms with Gasteiger partial charge in [0.2, 0.25) is 10.0 Å². The lowest BCUT2D eigenvalue weighted by Crippen LogP contribution is -2.29. The van der Waals surface area contributed by atoms with E-state index in [-0.39, 0.29) is 6.61 Å². The van der Waals surface area contributed by atoms with Crippen LogP contribution >= 0.6 is 0 Å². The molecule has 1 fully saturated rings. The summed E-state index contributed by atoms with van der Waals surface area (Å²) >= 11 is 0. The minimum Gasteiger partial charge on any atom is -0.497 e. The van der Waals surface area contributed by atoms with E-state index in [1.807, 2.05) is 24.3 Å². The number of aliphatic hydroxyl groups is 1. The highest BCUT2D eigenvalue weighted by molar-refractivity contribution is 7.90. The fraction of sp³-hybridized carbons (Fsp3) is 0.538. The summed E-state index contributed by atoms with van der Waals surface area (Å²) in [5.74, 6) is 0.756. The Balaban J connectivity index is 2.07. The van der Waals surface area contributed by atoms with Crippen LogP contribution in [0, 0.1) is 0 Å². The van der Waals surface area contributed by atoms with Crippen molar-refractivity contribution in [1.29, 1.82) is 0 Å². The van der Waals surface area contributed by atoms with Crippen molar-refractivity contribution >= 4 is 10.0 Å². The van der Waals surface area contributed by atoms with Gasteiger partial charge in [-0.25, -0.2) is 8.42 Å². The van der Waals surface area contributed by atoms with Gasteiger partial charge in [0.15, 0.2) is 0 Å². The first-order valence-electron chi connectivity index (χ1n) is 6.30. The van der Waals surface area contributed by atoms with E-state index in [1.54, 1.807) is 7.11 Å². The molecule has 1 aliphatic rings. The highest BCUT2D eigenvalue weighted by Gasteiger charge is 2.37. The Morgan fingerprint density at radius 1 is 1.37 bits per heavy atom. The molecule has 0 aliphatic carbocycles. The third kappa shape index (κ3) is 3.08. The molecule has 1 aromatic rings.